The van der Waals surface area contributed by atoms with Crippen molar-refractivity contribution >= 4 is 17.7 Å². The zero-order valence-corrected chi connectivity index (χ0v) is 10.9. The SMILES string of the molecule is C=CCNC(=O)/C(C#N)=C/c1ccc(C)c([N+](=O)[O-])c1. The molecule has 0 radical (unpaired) electrons. The summed E-state index contributed by atoms with van der Waals surface area (Å²) >= 11 is 0. The van der Waals surface area contributed by atoms with Crippen molar-refractivity contribution < 1.29 is 9.72 Å². The van der Waals surface area contributed by atoms with Crippen molar-refractivity contribution in [2.75, 3.05) is 6.54 Å². The number of hydrogen-bond acceptors (Lipinski definition) is 4. The molecule has 0 saturated heterocycles. The summed E-state index contributed by atoms with van der Waals surface area (Å²) in [6.07, 6.45) is 2.80. The van der Waals surface area contributed by atoms with Crippen LogP contribution in [0.5, 0.6) is 0 Å². The predicted octanol–water partition coefficient (Wildman–Crippen LogP) is 2.11. The Hall–Kier alpha value is -2.94. The standard InChI is InChI=1S/C14H13N3O3/c1-3-6-16-14(18)12(9-15)7-11-5-4-10(2)13(8-11)17(19)20/h3-5,7-8H,1,6H2,2H3,(H,16,18)/b12-7+. The summed E-state index contributed by atoms with van der Waals surface area (Å²) in [4.78, 5) is 22.0. The highest BCUT2D eigenvalue weighted by Crippen LogP contribution is 2.20. The molecule has 1 N–H and O–H groups in total. The van der Waals surface area contributed by atoms with E-state index in [1.165, 1.54) is 18.2 Å². The fraction of sp³-hybridized carbons (Fsp3) is 0.143. The summed E-state index contributed by atoms with van der Waals surface area (Å²) in [5.41, 5.74) is 0.766. The first-order chi connectivity index (χ1) is 9.49. The Morgan fingerprint density at radius 2 is 2.30 bits per heavy atom. The van der Waals surface area contributed by atoms with Gasteiger partial charge in [0.25, 0.3) is 11.6 Å². The largest absolute Gasteiger partial charge is 0.348 e. The molecular formula is C14H13N3O3. The van der Waals surface area contributed by atoms with Crippen LogP contribution in [0.3, 0.4) is 0 Å². The van der Waals surface area contributed by atoms with E-state index < -0.39 is 10.8 Å². The number of nitro groups is 1. The Kier molecular flexibility index (Phi) is 5.18. The predicted molar refractivity (Wildman–Crippen MR) is 74.6 cm³/mol. The molecule has 20 heavy (non-hydrogen) atoms. The highest BCUT2D eigenvalue weighted by atomic mass is 16.6. The van der Waals surface area contributed by atoms with Crippen molar-refractivity contribution in [1.29, 1.82) is 5.26 Å². The molecule has 0 aliphatic heterocycles. The Morgan fingerprint density at radius 3 is 2.85 bits per heavy atom. The Bertz CT molecular complexity index is 627. The molecule has 0 heterocycles. The number of nitrogens with zero attached hydrogens (tertiary/aromatic N) is 2. The minimum atomic E-state index is -0.546. The zero-order chi connectivity index (χ0) is 15.1. The van der Waals surface area contributed by atoms with Crippen molar-refractivity contribution in [2.45, 2.75) is 6.92 Å². The molecule has 1 aromatic carbocycles. The smallest absolute Gasteiger partial charge is 0.272 e. The van der Waals surface area contributed by atoms with Crippen LogP contribution in [0.1, 0.15) is 11.1 Å². The minimum absolute atomic E-state index is 0.0532. The monoisotopic (exact) mass is 271 g/mol. The molecule has 0 unspecified atom stereocenters. The molecule has 0 spiro atoms. The van der Waals surface area contributed by atoms with E-state index in [1.807, 2.05) is 0 Å². The normalized spacial score (nSPS) is 10.5. The number of rotatable bonds is 5. The lowest BCUT2D eigenvalue weighted by molar-refractivity contribution is -0.385. The van der Waals surface area contributed by atoms with E-state index in [1.54, 1.807) is 25.1 Å². The number of nitriles is 1. The average Bonchev–Trinajstić information content (AvgIpc) is 2.43. The van der Waals surface area contributed by atoms with Gasteiger partial charge >= 0.3 is 0 Å². The van der Waals surface area contributed by atoms with E-state index in [2.05, 4.69) is 11.9 Å². The average molecular weight is 271 g/mol. The van der Waals surface area contributed by atoms with Crippen LogP contribution in [0.25, 0.3) is 6.08 Å². The van der Waals surface area contributed by atoms with Crippen molar-refractivity contribution in [2.24, 2.45) is 0 Å². The van der Waals surface area contributed by atoms with Crippen LogP contribution >= 0.6 is 0 Å². The van der Waals surface area contributed by atoms with E-state index in [4.69, 9.17) is 5.26 Å². The third-order valence-corrected chi connectivity index (χ3v) is 2.51. The molecule has 0 atom stereocenters. The van der Waals surface area contributed by atoms with Crippen LogP contribution < -0.4 is 5.32 Å². The van der Waals surface area contributed by atoms with Crippen LogP contribution in [0, 0.1) is 28.4 Å². The van der Waals surface area contributed by atoms with E-state index in [-0.39, 0.29) is 17.8 Å². The lowest BCUT2D eigenvalue weighted by Crippen LogP contribution is -2.24. The van der Waals surface area contributed by atoms with Crippen molar-refractivity contribution in [3.63, 3.8) is 0 Å². The van der Waals surface area contributed by atoms with Gasteiger partial charge in [0.15, 0.2) is 0 Å². The Morgan fingerprint density at radius 1 is 1.60 bits per heavy atom. The van der Waals surface area contributed by atoms with Crippen molar-refractivity contribution in [3.05, 3.63) is 57.7 Å². The summed E-state index contributed by atoms with van der Waals surface area (Å²) in [6, 6.07) is 6.28. The van der Waals surface area contributed by atoms with Gasteiger partial charge in [-0.1, -0.05) is 18.2 Å². The fourth-order valence-electron chi connectivity index (χ4n) is 1.49. The molecule has 0 bridgehead atoms. The molecule has 6 heteroatoms. The van der Waals surface area contributed by atoms with E-state index in [9.17, 15) is 14.9 Å². The van der Waals surface area contributed by atoms with Gasteiger partial charge in [0.05, 0.1) is 4.92 Å². The lowest BCUT2D eigenvalue weighted by atomic mass is 10.1. The van der Waals surface area contributed by atoms with E-state index in [0.717, 1.165) is 0 Å². The first-order valence-corrected chi connectivity index (χ1v) is 5.75. The number of nitro benzene ring substituents is 1. The van der Waals surface area contributed by atoms with Crippen LogP contribution in [0.2, 0.25) is 0 Å². The first kappa shape index (κ1) is 15.1. The second-order valence-corrected chi connectivity index (χ2v) is 3.97. The van der Waals surface area contributed by atoms with Gasteiger partial charge in [-0.3, -0.25) is 14.9 Å². The summed E-state index contributed by atoms with van der Waals surface area (Å²) in [5.74, 6) is -0.546. The number of amides is 1. The number of benzene rings is 1. The quantitative estimate of drug-likeness (QED) is 0.291. The van der Waals surface area contributed by atoms with Crippen molar-refractivity contribution in [1.82, 2.24) is 5.32 Å². The van der Waals surface area contributed by atoms with Crippen LogP contribution in [-0.4, -0.2) is 17.4 Å². The molecular weight excluding hydrogens is 258 g/mol. The highest BCUT2D eigenvalue weighted by molar-refractivity contribution is 6.01. The van der Waals surface area contributed by atoms with Gasteiger partial charge in [0.1, 0.15) is 11.6 Å². The fourth-order valence-corrected chi connectivity index (χ4v) is 1.49. The molecule has 0 aromatic heterocycles. The van der Waals surface area contributed by atoms with Crippen LogP contribution in [0.15, 0.2) is 36.4 Å². The molecule has 0 aliphatic rings. The number of nitrogens with one attached hydrogen (secondary N) is 1. The summed E-state index contributed by atoms with van der Waals surface area (Å²) in [7, 11) is 0. The second kappa shape index (κ2) is 6.85. The maximum absolute atomic E-state index is 11.6. The van der Waals surface area contributed by atoms with Crippen LogP contribution in [0.4, 0.5) is 5.69 Å². The van der Waals surface area contributed by atoms with Crippen LogP contribution in [-0.2, 0) is 4.79 Å². The lowest BCUT2D eigenvalue weighted by Gasteiger charge is -2.02. The molecule has 1 amide bonds. The topological polar surface area (TPSA) is 96.0 Å². The maximum atomic E-state index is 11.6. The number of carbonyl (C=O) groups is 1. The molecule has 102 valence electrons. The van der Waals surface area contributed by atoms with Gasteiger partial charge in [-0.05, 0) is 18.6 Å². The van der Waals surface area contributed by atoms with E-state index in [0.29, 0.717) is 11.1 Å². The Balaban J connectivity index is 3.11. The number of hydrogen-bond donors (Lipinski definition) is 1. The summed E-state index contributed by atoms with van der Waals surface area (Å²) < 4.78 is 0. The summed E-state index contributed by atoms with van der Waals surface area (Å²) in [6.45, 7) is 5.31. The number of carbonyl (C=O) groups excluding carboxylic acids is 1. The molecule has 1 rings (SSSR count). The molecule has 1 aromatic rings. The van der Waals surface area contributed by atoms with Gasteiger partial charge in [-0.2, -0.15) is 5.26 Å². The molecule has 0 saturated carbocycles. The maximum Gasteiger partial charge on any atom is 0.272 e. The first-order valence-electron chi connectivity index (χ1n) is 5.75. The van der Waals surface area contributed by atoms with Gasteiger partial charge in [0.2, 0.25) is 0 Å². The second-order valence-electron chi connectivity index (χ2n) is 3.97. The van der Waals surface area contributed by atoms with E-state index >= 15 is 0 Å². The molecule has 6 nitrogen and oxygen atoms in total. The van der Waals surface area contributed by atoms with Gasteiger partial charge in [-0.25, -0.2) is 0 Å². The van der Waals surface area contributed by atoms with Gasteiger partial charge in [0, 0.05) is 18.2 Å². The molecule has 0 fully saturated rings. The minimum Gasteiger partial charge on any atom is -0.348 e. The molecule has 0 aliphatic carbocycles. The van der Waals surface area contributed by atoms with Crippen molar-refractivity contribution in [3.8, 4) is 6.07 Å². The zero-order valence-electron chi connectivity index (χ0n) is 10.9. The third kappa shape index (κ3) is 3.78. The Labute approximate surface area is 116 Å². The highest BCUT2D eigenvalue weighted by Gasteiger charge is 2.12. The van der Waals surface area contributed by atoms with Gasteiger partial charge in [-0.15, -0.1) is 6.58 Å². The third-order valence-electron chi connectivity index (χ3n) is 2.51. The number of aryl methyl sites for hydroxylation is 1. The summed E-state index contributed by atoms with van der Waals surface area (Å²) in [5, 5.41) is 22.3. The van der Waals surface area contributed by atoms with Gasteiger partial charge < -0.3 is 5.32 Å².